The lowest BCUT2D eigenvalue weighted by Gasteiger charge is -2.11. The minimum atomic E-state index is -0.489. The van der Waals surface area contributed by atoms with Crippen LogP contribution in [0.5, 0.6) is 0 Å². The van der Waals surface area contributed by atoms with Crippen LogP contribution in [-0.4, -0.2) is 21.5 Å². The van der Waals surface area contributed by atoms with Crippen LogP contribution in [-0.2, 0) is 4.79 Å². The molecule has 0 bridgehead atoms. The summed E-state index contributed by atoms with van der Waals surface area (Å²) in [6.45, 7) is 3.92. The fraction of sp³-hybridized carbons (Fsp3) is 0.0952. The number of amides is 3. The first-order valence-corrected chi connectivity index (χ1v) is 9.06. The molecule has 7 heteroatoms. The van der Waals surface area contributed by atoms with Crippen LogP contribution >= 0.6 is 11.6 Å². The molecule has 0 saturated carbocycles. The number of anilines is 1. The Kier molecular flexibility index (Phi) is 4.49. The third-order valence-electron chi connectivity index (χ3n) is 4.61. The lowest BCUT2D eigenvalue weighted by atomic mass is 10.2. The normalized spacial score (nSPS) is 15.4. The van der Waals surface area contributed by atoms with Gasteiger partial charge in [-0.05, 0) is 68.0 Å². The predicted octanol–water partition coefficient (Wildman–Crippen LogP) is 4.24. The van der Waals surface area contributed by atoms with E-state index < -0.39 is 11.9 Å². The molecule has 1 saturated heterocycles. The number of aryl methyl sites for hydroxylation is 1. The van der Waals surface area contributed by atoms with Crippen LogP contribution in [0.1, 0.15) is 17.0 Å². The van der Waals surface area contributed by atoms with Crippen LogP contribution < -0.4 is 10.2 Å². The average Bonchev–Trinajstić information content (AvgIpc) is 3.12. The first-order chi connectivity index (χ1) is 13.5. The van der Waals surface area contributed by atoms with Crippen molar-refractivity contribution in [2.75, 3.05) is 4.90 Å². The van der Waals surface area contributed by atoms with Gasteiger partial charge in [0.1, 0.15) is 11.5 Å². The Morgan fingerprint density at radius 2 is 1.82 bits per heavy atom. The molecule has 4 rings (SSSR count). The summed E-state index contributed by atoms with van der Waals surface area (Å²) in [6.07, 6.45) is 3.43. The number of rotatable bonds is 3. The second-order valence-electron chi connectivity index (χ2n) is 6.45. The molecule has 0 unspecified atom stereocenters. The smallest absolute Gasteiger partial charge is 0.303 e. The van der Waals surface area contributed by atoms with E-state index in [1.54, 1.807) is 36.5 Å². The van der Waals surface area contributed by atoms with Crippen molar-refractivity contribution in [1.29, 1.82) is 0 Å². The quantitative estimate of drug-likeness (QED) is 0.535. The summed E-state index contributed by atoms with van der Waals surface area (Å²) in [5.74, 6) is 0.390. The highest BCUT2D eigenvalue weighted by molar-refractivity contribution is 6.31. The number of imide groups is 1. The van der Waals surface area contributed by atoms with E-state index in [0.717, 1.165) is 27.7 Å². The summed E-state index contributed by atoms with van der Waals surface area (Å²) in [7, 11) is 0. The predicted molar refractivity (Wildman–Crippen MR) is 108 cm³/mol. The molecule has 140 valence electrons. The van der Waals surface area contributed by atoms with Crippen molar-refractivity contribution in [1.82, 2.24) is 14.9 Å². The number of urea groups is 1. The Morgan fingerprint density at radius 3 is 2.50 bits per heavy atom. The average molecular weight is 393 g/mol. The van der Waals surface area contributed by atoms with Gasteiger partial charge in [0.15, 0.2) is 0 Å². The fourth-order valence-corrected chi connectivity index (χ4v) is 3.41. The van der Waals surface area contributed by atoms with Crippen molar-refractivity contribution in [3.63, 3.8) is 0 Å². The Labute approximate surface area is 167 Å². The molecule has 1 N–H and O–H groups in total. The third kappa shape index (κ3) is 3.08. The molecule has 1 aliphatic heterocycles. The molecule has 0 spiro atoms. The van der Waals surface area contributed by atoms with Gasteiger partial charge in [0.05, 0.1) is 5.69 Å². The largest absolute Gasteiger partial charge is 0.333 e. The molecule has 3 heterocycles. The van der Waals surface area contributed by atoms with E-state index in [0.29, 0.717) is 10.7 Å². The molecule has 0 aliphatic carbocycles. The molecule has 1 aromatic carbocycles. The van der Waals surface area contributed by atoms with Crippen LogP contribution in [0.2, 0.25) is 5.02 Å². The molecule has 0 radical (unpaired) electrons. The summed E-state index contributed by atoms with van der Waals surface area (Å²) in [6, 6.07) is 13.7. The van der Waals surface area contributed by atoms with Crippen LogP contribution in [0.15, 0.2) is 60.4 Å². The van der Waals surface area contributed by atoms with E-state index in [2.05, 4.69) is 10.3 Å². The molecular weight excluding hydrogens is 376 g/mol. The monoisotopic (exact) mass is 392 g/mol. The van der Waals surface area contributed by atoms with E-state index in [4.69, 9.17) is 11.6 Å². The molecule has 1 aliphatic rings. The summed E-state index contributed by atoms with van der Waals surface area (Å²) in [4.78, 5) is 30.6. The lowest BCUT2D eigenvalue weighted by Crippen LogP contribution is -2.30. The Bertz CT molecular complexity index is 1100. The van der Waals surface area contributed by atoms with Crippen LogP contribution in [0.25, 0.3) is 11.9 Å². The van der Waals surface area contributed by atoms with E-state index in [1.165, 1.54) is 0 Å². The summed E-state index contributed by atoms with van der Waals surface area (Å²) < 4.78 is 2.00. The van der Waals surface area contributed by atoms with Gasteiger partial charge >= 0.3 is 6.03 Å². The molecule has 0 atom stereocenters. The Balaban J connectivity index is 1.70. The zero-order valence-electron chi connectivity index (χ0n) is 15.3. The van der Waals surface area contributed by atoms with Crippen molar-refractivity contribution in [3.8, 4) is 5.82 Å². The van der Waals surface area contributed by atoms with Gasteiger partial charge in [0.25, 0.3) is 5.91 Å². The van der Waals surface area contributed by atoms with Gasteiger partial charge in [-0.3, -0.25) is 4.79 Å². The second kappa shape index (κ2) is 6.98. The van der Waals surface area contributed by atoms with E-state index >= 15 is 0 Å². The standard InChI is InChI=1S/C21H17ClN4O2/c1-13-11-15(14(2)25(13)19-5-3-4-10-23-19)12-18-20(27)26(21(28)24-18)17-8-6-16(22)7-9-17/h3-12H,1-2H3,(H,24,28)/b18-12+. The molecule has 3 aromatic rings. The molecular formula is C21H17ClN4O2. The first-order valence-electron chi connectivity index (χ1n) is 8.69. The third-order valence-corrected chi connectivity index (χ3v) is 4.86. The number of carbonyl (C=O) groups is 2. The number of benzene rings is 1. The number of hydrogen-bond acceptors (Lipinski definition) is 3. The highest BCUT2D eigenvalue weighted by Crippen LogP contribution is 2.26. The van der Waals surface area contributed by atoms with E-state index in [9.17, 15) is 9.59 Å². The summed E-state index contributed by atoms with van der Waals surface area (Å²) >= 11 is 5.89. The number of carbonyl (C=O) groups excluding carboxylic acids is 2. The fourth-order valence-electron chi connectivity index (χ4n) is 3.29. The summed E-state index contributed by atoms with van der Waals surface area (Å²) in [5, 5.41) is 3.19. The van der Waals surface area contributed by atoms with Crippen LogP contribution in [0, 0.1) is 13.8 Å². The van der Waals surface area contributed by atoms with Gasteiger partial charge in [0.2, 0.25) is 0 Å². The first kappa shape index (κ1) is 18.0. The van der Waals surface area contributed by atoms with Gasteiger partial charge in [-0.1, -0.05) is 17.7 Å². The minimum Gasteiger partial charge on any atom is -0.303 e. The SMILES string of the molecule is Cc1cc(/C=C2/NC(=O)N(c3ccc(Cl)cc3)C2=O)c(C)n1-c1ccccn1. The number of nitrogens with one attached hydrogen (secondary N) is 1. The van der Waals surface area contributed by atoms with E-state index in [1.807, 2.05) is 42.7 Å². The van der Waals surface area contributed by atoms with Gasteiger partial charge in [-0.25, -0.2) is 14.7 Å². The van der Waals surface area contributed by atoms with Crippen molar-refractivity contribution in [2.45, 2.75) is 13.8 Å². The topological polar surface area (TPSA) is 67.2 Å². The van der Waals surface area contributed by atoms with Gasteiger partial charge in [-0.2, -0.15) is 0 Å². The molecule has 6 nitrogen and oxygen atoms in total. The van der Waals surface area contributed by atoms with Crippen molar-refractivity contribution >= 4 is 35.3 Å². The maximum Gasteiger partial charge on any atom is 0.333 e. The maximum absolute atomic E-state index is 12.8. The van der Waals surface area contributed by atoms with Crippen molar-refractivity contribution in [2.24, 2.45) is 0 Å². The lowest BCUT2D eigenvalue weighted by molar-refractivity contribution is -0.113. The number of pyridine rings is 1. The highest BCUT2D eigenvalue weighted by Gasteiger charge is 2.35. The Hall–Kier alpha value is -3.38. The number of halogens is 1. The second-order valence-corrected chi connectivity index (χ2v) is 6.89. The van der Waals surface area contributed by atoms with E-state index in [-0.39, 0.29) is 5.70 Å². The van der Waals surface area contributed by atoms with Gasteiger partial charge < -0.3 is 9.88 Å². The van der Waals surface area contributed by atoms with Gasteiger partial charge in [-0.15, -0.1) is 0 Å². The highest BCUT2D eigenvalue weighted by atomic mass is 35.5. The molecule has 28 heavy (non-hydrogen) atoms. The zero-order valence-corrected chi connectivity index (χ0v) is 16.1. The Morgan fingerprint density at radius 1 is 1.07 bits per heavy atom. The van der Waals surface area contributed by atoms with Crippen molar-refractivity contribution in [3.05, 3.63) is 82.4 Å². The number of nitrogens with zero attached hydrogens (tertiary/aromatic N) is 3. The van der Waals surface area contributed by atoms with Crippen LogP contribution in [0.4, 0.5) is 10.5 Å². The van der Waals surface area contributed by atoms with Gasteiger partial charge in [0, 0.05) is 22.6 Å². The number of aromatic nitrogens is 2. The maximum atomic E-state index is 12.8. The van der Waals surface area contributed by atoms with Crippen LogP contribution in [0.3, 0.4) is 0 Å². The molecule has 3 amide bonds. The molecule has 2 aromatic heterocycles. The number of hydrogen-bond donors (Lipinski definition) is 1. The molecule has 1 fully saturated rings. The summed E-state index contributed by atoms with van der Waals surface area (Å²) in [5.41, 5.74) is 3.44. The van der Waals surface area contributed by atoms with Crippen molar-refractivity contribution < 1.29 is 9.59 Å². The zero-order chi connectivity index (χ0) is 19.8. The minimum absolute atomic E-state index is 0.223.